The van der Waals surface area contributed by atoms with Crippen LogP contribution >= 0.6 is 15.9 Å². The van der Waals surface area contributed by atoms with Crippen molar-refractivity contribution in [2.75, 3.05) is 5.73 Å². The van der Waals surface area contributed by atoms with Crippen LogP contribution in [0.4, 0.5) is 5.69 Å². The second-order valence-electron chi connectivity index (χ2n) is 4.59. The number of aromatic nitrogens is 1. The van der Waals surface area contributed by atoms with Gasteiger partial charge in [-0.3, -0.25) is 4.98 Å². The fourth-order valence-corrected chi connectivity index (χ4v) is 2.32. The van der Waals surface area contributed by atoms with E-state index in [4.69, 9.17) is 10.5 Å². The molecule has 3 aromatic rings. The number of nitrogens with zero attached hydrogens (tertiary/aromatic N) is 1. The lowest BCUT2D eigenvalue weighted by Gasteiger charge is -2.11. The Morgan fingerprint density at radius 2 is 2.00 bits per heavy atom. The van der Waals surface area contributed by atoms with Crippen molar-refractivity contribution in [3.63, 3.8) is 0 Å². The van der Waals surface area contributed by atoms with Crippen molar-refractivity contribution in [1.29, 1.82) is 0 Å². The summed E-state index contributed by atoms with van der Waals surface area (Å²) in [5.41, 5.74) is 7.92. The van der Waals surface area contributed by atoms with Gasteiger partial charge in [0.1, 0.15) is 5.75 Å². The number of anilines is 1. The number of hydrogen-bond donors (Lipinski definition) is 1. The Morgan fingerprint density at radius 3 is 2.80 bits per heavy atom. The van der Waals surface area contributed by atoms with Gasteiger partial charge in [0.05, 0.1) is 5.69 Å². The molecule has 2 aromatic carbocycles. The highest BCUT2D eigenvalue weighted by molar-refractivity contribution is 9.10. The summed E-state index contributed by atoms with van der Waals surface area (Å²) in [4.78, 5) is 4.09. The molecule has 3 nitrogen and oxygen atoms in total. The van der Waals surface area contributed by atoms with Gasteiger partial charge >= 0.3 is 0 Å². The average molecular weight is 329 g/mol. The molecule has 100 valence electrons. The van der Waals surface area contributed by atoms with Crippen LogP contribution in [0.1, 0.15) is 5.56 Å². The van der Waals surface area contributed by atoms with Crippen molar-refractivity contribution in [2.45, 2.75) is 6.92 Å². The van der Waals surface area contributed by atoms with Crippen molar-refractivity contribution >= 4 is 32.4 Å². The van der Waals surface area contributed by atoms with Gasteiger partial charge in [0.2, 0.25) is 0 Å². The van der Waals surface area contributed by atoms with Gasteiger partial charge in [0.25, 0.3) is 0 Å². The summed E-state index contributed by atoms with van der Waals surface area (Å²) in [5, 5.41) is 1.95. The van der Waals surface area contributed by atoms with Gasteiger partial charge in [-0.05, 0) is 48.9 Å². The third kappa shape index (κ3) is 2.34. The fourth-order valence-electron chi connectivity index (χ4n) is 2.07. The van der Waals surface area contributed by atoms with Crippen LogP contribution in [-0.4, -0.2) is 4.98 Å². The smallest absolute Gasteiger partial charge is 0.150 e. The van der Waals surface area contributed by atoms with E-state index in [-0.39, 0.29) is 0 Å². The van der Waals surface area contributed by atoms with E-state index in [9.17, 15) is 0 Å². The molecule has 4 heteroatoms. The first-order valence-electron chi connectivity index (χ1n) is 6.21. The lowest BCUT2D eigenvalue weighted by Crippen LogP contribution is -1.94. The van der Waals surface area contributed by atoms with Crippen LogP contribution in [0.3, 0.4) is 0 Å². The highest BCUT2D eigenvalue weighted by Crippen LogP contribution is 2.34. The Hall–Kier alpha value is -2.07. The lowest BCUT2D eigenvalue weighted by molar-refractivity contribution is 0.485. The van der Waals surface area contributed by atoms with Crippen LogP contribution in [-0.2, 0) is 0 Å². The van der Waals surface area contributed by atoms with E-state index in [0.29, 0.717) is 11.4 Å². The van der Waals surface area contributed by atoms with E-state index in [2.05, 4.69) is 20.9 Å². The second kappa shape index (κ2) is 5.13. The summed E-state index contributed by atoms with van der Waals surface area (Å²) in [6.07, 6.45) is 3.52. The van der Waals surface area contributed by atoms with E-state index in [1.54, 1.807) is 12.4 Å². The molecule has 0 aliphatic rings. The van der Waals surface area contributed by atoms with Crippen LogP contribution in [0.5, 0.6) is 11.5 Å². The third-order valence-electron chi connectivity index (χ3n) is 3.18. The predicted molar refractivity (Wildman–Crippen MR) is 85.1 cm³/mol. The summed E-state index contributed by atoms with van der Waals surface area (Å²) in [7, 11) is 0. The van der Waals surface area contributed by atoms with Crippen LogP contribution in [0, 0.1) is 6.92 Å². The van der Waals surface area contributed by atoms with Crippen molar-refractivity contribution in [3.8, 4) is 11.5 Å². The molecule has 0 saturated heterocycles. The SMILES string of the molecule is Cc1cc(Oc2ccc3cnccc3c2N)ccc1Br. The maximum atomic E-state index is 6.17. The molecule has 0 amide bonds. The lowest BCUT2D eigenvalue weighted by atomic mass is 10.1. The molecule has 0 unspecified atom stereocenters. The molecule has 0 saturated carbocycles. The van der Waals surface area contributed by atoms with Gasteiger partial charge < -0.3 is 10.5 Å². The van der Waals surface area contributed by atoms with Gasteiger partial charge in [0.15, 0.2) is 5.75 Å². The molecule has 0 atom stereocenters. The number of aryl methyl sites for hydroxylation is 1. The zero-order valence-electron chi connectivity index (χ0n) is 10.9. The van der Waals surface area contributed by atoms with Gasteiger partial charge in [-0.25, -0.2) is 0 Å². The average Bonchev–Trinajstić information content (AvgIpc) is 2.46. The molecular formula is C16H13BrN2O. The summed E-state index contributed by atoms with van der Waals surface area (Å²) in [5.74, 6) is 1.43. The molecular weight excluding hydrogens is 316 g/mol. The molecule has 0 aliphatic heterocycles. The van der Waals surface area contributed by atoms with Crippen LogP contribution in [0.2, 0.25) is 0 Å². The molecule has 1 aromatic heterocycles. The standard InChI is InChI=1S/C16H13BrN2O/c1-10-8-12(3-4-14(10)17)20-15-5-2-11-9-19-7-6-13(11)16(15)18/h2-9H,18H2,1H3. The molecule has 20 heavy (non-hydrogen) atoms. The van der Waals surface area contributed by atoms with Crippen molar-refractivity contribution in [1.82, 2.24) is 4.98 Å². The zero-order chi connectivity index (χ0) is 14.1. The highest BCUT2D eigenvalue weighted by Gasteiger charge is 2.07. The first-order valence-corrected chi connectivity index (χ1v) is 7.00. The Bertz CT molecular complexity index is 787. The summed E-state index contributed by atoms with van der Waals surface area (Å²) < 4.78 is 6.94. The minimum Gasteiger partial charge on any atom is -0.455 e. The number of pyridine rings is 1. The first kappa shape index (κ1) is 12.9. The Kier molecular flexibility index (Phi) is 3.32. The van der Waals surface area contributed by atoms with Crippen molar-refractivity contribution in [3.05, 3.63) is 58.8 Å². The van der Waals surface area contributed by atoms with Crippen LogP contribution in [0.15, 0.2) is 53.3 Å². The molecule has 1 heterocycles. The largest absolute Gasteiger partial charge is 0.455 e. The number of nitrogen functional groups attached to an aromatic ring is 1. The minimum atomic E-state index is 0.630. The number of rotatable bonds is 2. The summed E-state index contributed by atoms with van der Waals surface area (Å²) in [6.45, 7) is 2.02. The molecule has 0 radical (unpaired) electrons. The highest BCUT2D eigenvalue weighted by atomic mass is 79.9. The van der Waals surface area contributed by atoms with E-state index in [0.717, 1.165) is 26.6 Å². The minimum absolute atomic E-state index is 0.630. The molecule has 0 aliphatic carbocycles. The first-order chi connectivity index (χ1) is 9.65. The summed E-state index contributed by atoms with van der Waals surface area (Å²) in [6, 6.07) is 11.6. The zero-order valence-corrected chi connectivity index (χ0v) is 12.5. The van der Waals surface area contributed by atoms with E-state index in [1.165, 1.54) is 0 Å². The van der Waals surface area contributed by atoms with E-state index in [1.807, 2.05) is 43.3 Å². The Labute approximate surface area is 125 Å². The molecule has 2 N–H and O–H groups in total. The normalized spacial score (nSPS) is 10.7. The fraction of sp³-hybridized carbons (Fsp3) is 0.0625. The second-order valence-corrected chi connectivity index (χ2v) is 5.44. The van der Waals surface area contributed by atoms with E-state index < -0.39 is 0 Å². The quantitative estimate of drug-likeness (QED) is 0.695. The number of ether oxygens (including phenoxy) is 1. The maximum Gasteiger partial charge on any atom is 0.150 e. The summed E-state index contributed by atoms with van der Waals surface area (Å²) >= 11 is 3.47. The third-order valence-corrected chi connectivity index (χ3v) is 4.07. The maximum absolute atomic E-state index is 6.17. The van der Waals surface area contributed by atoms with Gasteiger partial charge in [-0.2, -0.15) is 0 Å². The number of nitrogens with two attached hydrogens (primary N) is 1. The number of halogens is 1. The van der Waals surface area contributed by atoms with Gasteiger partial charge in [-0.1, -0.05) is 15.9 Å². The van der Waals surface area contributed by atoms with Crippen molar-refractivity contribution < 1.29 is 4.74 Å². The molecule has 0 spiro atoms. The monoisotopic (exact) mass is 328 g/mol. The van der Waals surface area contributed by atoms with Gasteiger partial charge in [0, 0.05) is 27.6 Å². The van der Waals surface area contributed by atoms with E-state index >= 15 is 0 Å². The van der Waals surface area contributed by atoms with Crippen LogP contribution < -0.4 is 10.5 Å². The number of benzene rings is 2. The van der Waals surface area contributed by atoms with Gasteiger partial charge in [-0.15, -0.1) is 0 Å². The molecule has 3 rings (SSSR count). The number of hydrogen-bond acceptors (Lipinski definition) is 3. The Morgan fingerprint density at radius 1 is 1.15 bits per heavy atom. The van der Waals surface area contributed by atoms with Crippen molar-refractivity contribution in [2.24, 2.45) is 0 Å². The predicted octanol–water partition coefficient (Wildman–Crippen LogP) is 4.68. The van der Waals surface area contributed by atoms with Crippen LogP contribution in [0.25, 0.3) is 10.8 Å². The topological polar surface area (TPSA) is 48.1 Å². The molecule has 0 fully saturated rings. The number of fused-ring (bicyclic) bond motifs is 1. The Balaban J connectivity index is 2.02. The molecule has 0 bridgehead atoms.